The van der Waals surface area contributed by atoms with Crippen molar-refractivity contribution in [3.8, 4) is 34.1 Å². The molecule has 0 saturated carbocycles. The van der Waals surface area contributed by atoms with Gasteiger partial charge in [-0.05, 0) is 92.9 Å². The Kier molecular flexibility index (Phi) is 10.9. The molecule has 2 unspecified atom stereocenters. The van der Waals surface area contributed by atoms with Gasteiger partial charge in [-0.25, -0.2) is 19.2 Å². The number of hydrogen-bond donors (Lipinski definition) is 0. The lowest BCUT2D eigenvalue weighted by molar-refractivity contribution is 0.0588. The maximum absolute atomic E-state index is 13.8. The molecule has 57 heavy (non-hydrogen) atoms. The quantitative estimate of drug-likeness (QED) is 0.0733. The number of fused-ring (bicyclic) bond motifs is 4. The van der Waals surface area contributed by atoms with E-state index in [-0.39, 0.29) is 50.6 Å². The number of unbranched alkanes of at least 4 members (excludes halogenated alkanes) is 1. The Balaban J connectivity index is 1.39. The van der Waals surface area contributed by atoms with Crippen molar-refractivity contribution in [2.24, 2.45) is 0 Å². The Bertz CT molecular complexity index is 2630. The van der Waals surface area contributed by atoms with Gasteiger partial charge in [-0.2, -0.15) is 0 Å². The molecule has 6 aromatic rings. The number of rotatable bonds is 10. The highest BCUT2D eigenvalue weighted by Gasteiger charge is 2.39. The molecule has 2 aliphatic rings. The molecule has 0 amide bonds. The lowest BCUT2D eigenvalue weighted by Crippen LogP contribution is -2.17. The molecule has 2 atom stereocenters. The highest BCUT2D eigenvalue weighted by atomic mass is 127. The molecule has 15 heteroatoms. The summed E-state index contributed by atoms with van der Waals surface area (Å²) >= 11 is 2.05. The van der Waals surface area contributed by atoms with E-state index in [0.29, 0.717) is 37.3 Å². The van der Waals surface area contributed by atoms with Crippen LogP contribution in [0.25, 0.3) is 32.7 Å². The molecule has 0 bridgehead atoms. The fourth-order valence-electron chi connectivity index (χ4n) is 6.69. The summed E-state index contributed by atoms with van der Waals surface area (Å²) in [7, 11) is -2.58. The average Bonchev–Trinajstić information content (AvgIpc) is 3.22. The Labute approximate surface area is 342 Å². The van der Waals surface area contributed by atoms with E-state index in [4.69, 9.17) is 36.6 Å². The fourth-order valence-corrected chi connectivity index (χ4v) is 9.55. The van der Waals surface area contributed by atoms with Gasteiger partial charge in [-0.15, -0.1) is 0 Å². The van der Waals surface area contributed by atoms with Crippen LogP contribution in [-0.2, 0) is 24.9 Å². The third-order valence-electron chi connectivity index (χ3n) is 9.35. The van der Waals surface area contributed by atoms with Crippen LogP contribution in [0, 0.1) is 3.57 Å². The van der Waals surface area contributed by atoms with Gasteiger partial charge < -0.3 is 36.6 Å². The highest BCUT2D eigenvalue weighted by molar-refractivity contribution is 14.1. The van der Waals surface area contributed by atoms with Crippen LogP contribution in [0.1, 0.15) is 66.8 Å². The number of methoxy groups -OCH3 is 2. The minimum atomic E-state index is -2.52. The molecule has 0 spiro atoms. The van der Waals surface area contributed by atoms with E-state index in [1.54, 1.807) is 84.9 Å². The highest BCUT2D eigenvalue weighted by Crippen LogP contribution is 2.57. The maximum Gasteiger partial charge on any atom is 0.532 e. The van der Waals surface area contributed by atoms with Crippen molar-refractivity contribution in [2.75, 3.05) is 14.2 Å². The third-order valence-corrected chi connectivity index (χ3v) is 12.2. The minimum Gasteiger partial charge on any atom is -0.465 e. The first-order chi connectivity index (χ1) is 27.7. The van der Waals surface area contributed by atoms with Crippen molar-refractivity contribution in [1.29, 1.82) is 0 Å². The van der Waals surface area contributed by atoms with Gasteiger partial charge in [0.25, 0.3) is 0 Å². The Hall–Kier alpha value is -5.49. The van der Waals surface area contributed by atoms with Gasteiger partial charge in [0.05, 0.1) is 17.8 Å². The Morgan fingerprint density at radius 2 is 1.12 bits per heavy atom. The molecule has 0 aliphatic carbocycles. The SMILES string of the molecule is CCCCc1cccc2c1OP(Oc1c(C(=O)OC)cc3ccccc3c1-c1c(OP3OC(=O)c4cccc(I)c4O3)c(C(=O)OC)cc3ccccc13)OC2=O. The molecule has 0 radical (unpaired) electrons. The minimum absolute atomic E-state index is 0.0357. The predicted molar refractivity (Wildman–Crippen MR) is 221 cm³/mol. The molecule has 288 valence electrons. The summed E-state index contributed by atoms with van der Waals surface area (Å²) in [5, 5.41) is 2.28. The number of para-hydroxylation sites is 2. The van der Waals surface area contributed by atoms with Gasteiger partial charge in [-0.3, -0.25) is 0 Å². The number of benzene rings is 6. The van der Waals surface area contributed by atoms with Crippen molar-refractivity contribution >= 4 is 85.2 Å². The van der Waals surface area contributed by atoms with Crippen LogP contribution < -0.4 is 18.1 Å². The molecular formula is C42H31IO12P2. The van der Waals surface area contributed by atoms with Gasteiger partial charge in [0, 0.05) is 11.1 Å². The van der Waals surface area contributed by atoms with E-state index in [0.717, 1.165) is 18.4 Å². The van der Waals surface area contributed by atoms with Crippen LogP contribution >= 0.6 is 39.8 Å². The zero-order chi connectivity index (χ0) is 39.8. The van der Waals surface area contributed by atoms with Gasteiger partial charge >= 0.3 is 41.1 Å². The summed E-state index contributed by atoms with van der Waals surface area (Å²) in [6.07, 6.45) is 2.42. The standard InChI is InChI=1S/C42H31IO12P2/c1-4-5-12-23-15-10-18-28-35(23)50-56(54-41(28)46)52-37-30(39(44)48-2)21-24-13-6-8-16-26(24)33(37)34-27-17-9-7-14-25(27)22-31(40(45)49-3)38(34)53-57-51-36-29(42(47)55-57)19-11-20-32(36)43/h6-11,13-22H,4-5,12H2,1-3H3. The molecule has 0 N–H and O–H groups in total. The topological polar surface area (TPSA) is 142 Å². The largest absolute Gasteiger partial charge is 0.532 e. The van der Waals surface area contributed by atoms with Crippen molar-refractivity contribution in [3.05, 3.63) is 128 Å². The van der Waals surface area contributed by atoms with Gasteiger partial charge in [0.1, 0.15) is 28.0 Å². The summed E-state index contributed by atoms with van der Waals surface area (Å²) in [5.74, 6) is -2.44. The van der Waals surface area contributed by atoms with E-state index in [1.807, 2.05) is 34.7 Å². The van der Waals surface area contributed by atoms with Crippen LogP contribution in [0.4, 0.5) is 0 Å². The smallest absolute Gasteiger partial charge is 0.465 e. The number of aryl methyl sites for hydroxylation is 1. The number of ether oxygens (including phenoxy) is 2. The lowest BCUT2D eigenvalue weighted by Gasteiger charge is -2.28. The van der Waals surface area contributed by atoms with Crippen LogP contribution in [0.5, 0.6) is 23.0 Å². The summed E-state index contributed by atoms with van der Waals surface area (Å²) in [4.78, 5) is 54.3. The summed E-state index contributed by atoms with van der Waals surface area (Å²) in [6.45, 7) is 2.07. The van der Waals surface area contributed by atoms with E-state index in [2.05, 4.69) is 6.92 Å². The van der Waals surface area contributed by atoms with Crippen molar-refractivity contribution in [1.82, 2.24) is 0 Å². The van der Waals surface area contributed by atoms with Crippen LogP contribution in [0.3, 0.4) is 0 Å². The monoisotopic (exact) mass is 916 g/mol. The number of esters is 2. The number of carbonyl (C=O) groups is 4. The molecule has 2 heterocycles. The molecule has 2 aliphatic heterocycles. The molecule has 0 fully saturated rings. The molecule has 8 rings (SSSR count). The van der Waals surface area contributed by atoms with E-state index < -0.39 is 41.1 Å². The van der Waals surface area contributed by atoms with Crippen molar-refractivity contribution in [2.45, 2.75) is 26.2 Å². The van der Waals surface area contributed by atoms with Crippen LogP contribution in [0.2, 0.25) is 0 Å². The molecule has 0 aromatic heterocycles. The summed E-state index contributed by atoms with van der Waals surface area (Å²) < 4.78 is 48.3. The Morgan fingerprint density at radius 1 is 0.632 bits per heavy atom. The molecule has 0 saturated heterocycles. The number of hydrogen-bond acceptors (Lipinski definition) is 12. The number of carbonyl (C=O) groups excluding carboxylic acids is 4. The zero-order valence-electron chi connectivity index (χ0n) is 30.5. The zero-order valence-corrected chi connectivity index (χ0v) is 34.5. The second kappa shape index (κ2) is 16.2. The van der Waals surface area contributed by atoms with E-state index in [1.165, 1.54) is 14.2 Å². The second-order valence-electron chi connectivity index (χ2n) is 12.8. The summed E-state index contributed by atoms with van der Waals surface area (Å²) in [5.41, 5.74) is 1.71. The van der Waals surface area contributed by atoms with Crippen LogP contribution in [0.15, 0.2) is 97.1 Å². The fraction of sp³-hybridized carbons (Fsp3) is 0.143. The van der Waals surface area contributed by atoms with Gasteiger partial charge in [0.15, 0.2) is 17.2 Å². The normalized spacial score (nSPS) is 15.6. The van der Waals surface area contributed by atoms with Gasteiger partial charge in [-0.1, -0.05) is 80.1 Å². The van der Waals surface area contributed by atoms with E-state index >= 15 is 0 Å². The molecular weight excluding hydrogens is 885 g/mol. The molecule has 6 aromatic carbocycles. The first kappa shape index (κ1) is 38.4. The lowest BCUT2D eigenvalue weighted by atomic mass is 9.89. The van der Waals surface area contributed by atoms with Gasteiger partial charge in [0.2, 0.25) is 0 Å². The average molecular weight is 917 g/mol. The van der Waals surface area contributed by atoms with Crippen molar-refractivity contribution in [3.63, 3.8) is 0 Å². The first-order valence-corrected chi connectivity index (χ1v) is 20.9. The third kappa shape index (κ3) is 7.20. The van der Waals surface area contributed by atoms with E-state index in [9.17, 15) is 19.2 Å². The van der Waals surface area contributed by atoms with Crippen molar-refractivity contribution < 1.29 is 55.8 Å². The van der Waals surface area contributed by atoms with Crippen LogP contribution in [-0.4, -0.2) is 38.1 Å². The molecule has 12 nitrogen and oxygen atoms in total. The summed E-state index contributed by atoms with van der Waals surface area (Å²) in [6, 6.07) is 27.9. The second-order valence-corrected chi connectivity index (χ2v) is 15.9. The Morgan fingerprint density at radius 3 is 1.65 bits per heavy atom. The maximum atomic E-state index is 13.8. The number of halogens is 1. The predicted octanol–water partition coefficient (Wildman–Crippen LogP) is 10.9. The first-order valence-electron chi connectivity index (χ1n) is 17.7.